The Labute approximate surface area is 84.4 Å². The van der Waals surface area contributed by atoms with Gasteiger partial charge in [0.05, 0.1) is 0 Å². The van der Waals surface area contributed by atoms with E-state index in [0.29, 0.717) is 10.0 Å². The number of hydrogen-bond donors (Lipinski definition) is 0. The van der Waals surface area contributed by atoms with Crippen LogP contribution < -0.4 is 0 Å². The number of hydrogen-bond acceptors (Lipinski definition) is 1. The van der Waals surface area contributed by atoms with Gasteiger partial charge in [0.2, 0.25) is 0 Å². The summed E-state index contributed by atoms with van der Waals surface area (Å²) in [6, 6.07) is 4.70. The summed E-state index contributed by atoms with van der Waals surface area (Å²) in [5.74, 6) is -0.436. The predicted molar refractivity (Wildman–Crippen MR) is 53.8 cm³/mol. The molecule has 3 heteroatoms. The summed E-state index contributed by atoms with van der Waals surface area (Å²) < 4.78 is 13.8. The van der Waals surface area contributed by atoms with Gasteiger partial charge < -0.3 is 0 Å². The SMILES string of the molecule is CC(=O)/C=C/c1ccc(Br)cc1F. The Balaban J connectivity index is 2.96. The predicted octanol–water partition coefficient (Wildman–Crippen LogP) is 3.19. The summed E-state index contributed by atoms with van der Waals surface area (Å²) in [6.07, 6.45) is 2.80. The first-order valence-electron chi connectivity index (χ1n) is 3.73. The van der Waals surface area contributed by atoms with Gasteiger partial charge in [-0.2, -0.15) is 0 Å². The van der Waals surface area contributed by atoms with E-state index in [2.05, 4.69) is 15.9 Å². The Kier molecular flexibility index (Phi) is 3.37. The van der Waals surface area contributed by atoms with Gasteiger partial charge in [-0.05, 0) is 31.2 Å². The van der Waals surface area contributed by atoms with Gasteiger partial charge in [-0.3, -0.25) is 4.79 Å². The molecule has 1 aromatic carbocycles. The molecule has 0 heterocycles. The van der Waals surface area contributed by atoms with Gasteiger partial charge in [0.1, 0.15) is 5.82 Å². The number of carbonyl (C=O) groups excluding carboxylic acids is 1. The fourth-order valence-corrected chi connectivity index (χ4v) is 1.18. The van der Waals surface area contributed by atoms with E-state index < -0.39 is 0 Å². The van der Waals surface area contributed by atoms with Gasteiger partial charge >= 0.3 is 0 Å². The summed E-state index contributed by atoms with van der Waals surface area (Å²) in [4.78, 5) is 10.6. The van der Waals surface area contributed by atoms with Crippen LogP contribution in [0.15, 0.2) is 28.7 Å². The number of rotatable bonds is 2. The molecule has 0 aliphatic rings. The van der Waals surface area contributed by atoms with Crippen molar-refractivity contribution >= 4 is 27.8 Å². The smallest absolute Gasteiger partial charge is 0.152 e. The monoisotopic (exact) mass is 242 g/mol. The summed E-state index contributed by atoms with van der Waals surface area (Å²) in [5, 5.41) is 0. The standard InChI is InChI=1S/C10H8BrFO/c1-7(13)2-3-8-4-5-9(11)6-10(8)12/h2-6H,1H3/b3-2+. The maximum absolute atomic E-state index is 13.1. The Morgan fingerprint density at radius 3 is 2.77 bits per heavy atom. The van der Waals surface area contributed by atoms with E-state index in [0.717, 1.165) is 0 Å². The van der Waals surface area contributed by atoms with Crippen LogP contribution in [-0.2, 0) is 4.79 Å². The highest BCUT2D eigenvalue weighted by Gasteiger charge is 1.98. The fourth-order valence-electron chi connectivity index (χ4n) is 0.844. The molecular weight excluding hydrogens is 235 g/mol. The maximum Gasteiger partial charge on any atom is 0.152 e. The molecule has 0 unspecified atom stereocenters. The van der Waals surface area contributed by atoms with Crippen molar-refractivity contribution in [1.82, 2.24) is 0 Å². The molecule has 0 saturated carbocycles. The zero-order chi connectivity index (χ0) is 9.84. The third kappa shape index (κ3) is 3.11. The van der Waals surface area contributed by atoms with Crippen LogP contribution >= 0.6 is 15.9 Å². The average molecular weight is 243 g/mol. The second kappa shape index (κ2) is 4.33. The third-order valence-corrected chi connectivity index (χ3v) is 1.95. The Morgan fingerprint density at radius 1 is 1.54 bits per heavy atom. The summed E-state index contributed by atoms with van der Waals surface area (Å²) in [5.41, 5.74) is 0.415. The molecule has 0 N–H and O–H groups in total. The molecule has 0 aliphatic carbocycles. The first kappa shape index (κ1) is 10.1. The van der Waals surface area contributed by atoms with Crippen LogP contribution in [0.2, 0.25) is 0 Å². The highest BCUT2D eigenvalue weighted by atomic mass is 79.9. The van der Waals surface area contributed by atoms with Crippen LogP contribution in [0.3, 0.4) is 0 Å². The topological polar surface area (TPSA) is 17.1 Å². The fraction of sp³-hybridized carbons (Fsp3) is 0.100. The minimum Gasteiger partial charge on any atom is -0.295 e. The van der Waals surface area contributed by atoms with Crippen LogP contribution in [-0.4, -0.2) is 5.78 Å². The van der Waals surface area contributed by atoms with Crippen LogP contribution in [0.4, 0.5) is 4.39 Å². The van der Waals surface area contributed by atoms with Crippen molar-refractivity contribution in [2.24, 2.45) is 0 Å². The van der Waals surface area contributed by atoms with Crippen LogP contribution in [0, 0.1) is 5.82 Å². The number of halogens is 2. The summed E-state index contributed by atoms with van der Waals surface area (Å²) in [6.45, 7) is 1.42. The molecule has 0 spiro atoms. The van der Waals surface area contributed by atoms with Gasteiger partial charge in [-0.25, -0.2) is 4.39 Å². The lowest BCUT2D eigenvalue weighted by Gasteiger charge is -1.96. The van der Waals surface area contributed by atoms with Gasteiger partial charge in [0, 0.05) is 10.0 Å². The molecule has 0 saturated heterocycles. The molecule has 1 aromatic rings. The van der Waals surface area contributed by atoms with Crippen molar-refractivity contribution in [2.75, 3.05) is 0 Å². The number of benzene rings is 1. The van der Waals surface area contributed by atoms with E-state index in [1.807, 2.05) is 0 Å². The van der Waals surface area contributed by atoms with Crippen LogP contribution in [0.25, 0.3) is 6.08 Å². The maximum atomic E-state index is 13.1. The minimum absolute atomic E-state index is 0.0951. The second-order valence-electron chi connectivity index (χ2n) is 2.61. The molecule has 1 nitrogen and oxygen atoms in total. The molecule has 0 atom stereocenters. The van der Waals surface area contributed by atoms with Crippen molar-refractivity contribution in [2.45, 2.75) is 6.92 Å². The molecular formula is C10H8BrFO. The molecule has 1 rings (SSSR count). The van der Waals surface area contributed by atoms with E-state index in [9.17, 15) is 9.18 Å². The Morgan fingerprint density at radius 2 is 2.23 bits per heavy atom. The molecule has 68 valence electrons. The van der Waals surface area contributed by atoms with Crippen molar-refractivity contribution < 1.29 is 9.18 Å². The number of allylic oxidation sites excluding steroid dienone is 1. The van der Waals surface area contributed by atoms with Gasteiger partial charge in [-0.1, -0.05) is 22.0 Å². The first-order chi connectivity index (χ1) is 6.09. The minimum atomic E-state index is -0.341. The average Bonchev–Trinajstić information content (AvgIpc) is 2.02. The normalized spacial score (nSPS) is 10.7. The van der Waals surface area contributed by atoms with E-state index in [1.165, 1.54) is 25.1 Å². The summed E-state index contributed by atoms with van der Waals surface area (Å²) >= 11 is 3.15. The lowest BCUT2D eigenvalue weighted by atomic mass is 10.2. The van der Waals surface area contributed by atoms with E-state index in [1.54, 1.807) is 12.1 Å². The van der Waals surface area contributed by atoms with Crippen molar-refractivity contribution in [3.8, 4) is 0 Å². The second-order valence-corrected chi connectivity index (χ2v) is 3.53. The number of ketones is 1. The first-order valence-corrected chi connectivity index (χ1v) is 4.52. The molecule has 0 amide bonds. The zero-order valence-corrected chi connectivity index (χ0v) is 8.64. The molecule has 0 aliphatic heterocycles. The van der Waals surface area contributed by atoms with Crippen molar-refractivity contribution in [3.05, 3.63) is 40.1 Å². The highest BCUT2D eigenvalue weighted by molar-refractivity contribution is 9.10. The van der Waals surface area contributed by atoms with Crippen molar-refractivity contribution in [3.63, 3.8) is 0 Å². The van der Waals surface area contributed by atoms with E-state index >= 15 is 0 Å². The van der Waals surface area contributed by atoms with E-state index in [4.69, 9.17) is 0 Å². The summed E-state index contributed by atoms with van der Waals surface area (Å²) in [7, 11) is 0. The van der Waals surface area contributed by atoms with Gasteiger partial charge in [-0.15, -0.1) is 0 Å². The molecule has 0 aromatic heterocycles. The lowest BCUT2D eigenvalue weighted by Crippen LogP contribution is -1.84. The molecule has 13 heavy (non-hydrogen) atoms. The van der Waals surface area contributed by atoms with Crippen LogP contribution in [0.1, 0.15) is 12.5 Å². The third-order valence-electron chi connectivity index (χ3n) is 1.46. The highest BCUT2D eigenvalue weighted by Crippen LogP contribution is 2.16. The Hall–Kier alpha value is -0.960. The quantitative estimate of drug-likeness (QED) is 0.729. The molecule has 0 fully saturated rings. The van der Waals surface area contributed by atoms with Crippen molar-refractivity contribution in [1.29, 1.82) is 0 Å². The van der Waals surface area contributed by atoms with E-state index in [-0.39, 0.29) is 11.6 Å². The largest absolute Gasteiger partial charge is 0.295 e. The van der Waals surface area contributed by atoms with Crippen LogP contribution in [0.5, 0.6) is 0 Å². The zero-order valence-electron chi connectivity index (χ0n) is 7.05. The lowest BCUT2D eigenvalue weighted by molar-refractivity contribution is -0.112. The Bertz CT molecular complexity index is 358. The van der Waals surface area contributed by atoms with Gasteiger partial charge in [0.25, 0.3) is 0 Å². The van der Waals surface area contributed by atoms with Gasteiger partial charge in [0.15, 0.2) is 5.78 Å². The molecule has 0 bridgehead atoms. The molecule has 0 radical (unpaired) electrons. The number of carbonyl (C=O) groups is 1.